The molecule has 140 valence electrons. The minimum absolute atomic E-state index is 0.249. The first kappa shape index (κ1) is 22.8. The predicted octanol–water partition coefficient (Wildman–Crippen LogP) is -0.542. The van der Waals surface area contributed by atoms with E-state index in [0.717, 1.165) is 50.3 Å². The van der Waals surface area contributed by atoms with Crippen molar-refractivity contribution >= 4 is 0 Å². The van der Waals surface area contributed by atoms with Crippen molar-refractivity contribution in [2.75, 3.05) is 101 Å². The van der Waals surface area contributed by atoms with Crippen molar-refractivity contribution in [2.24, 2.45) is 0 Å². The molecule has 23 heavy (non-hydrogen) atoms. The lowest BCUT2D eigenvalue weighted by atomic mass is 10.3. The fraction of sp³-hybridized carbons (Fsp3) is 1.00. The molecule has 1 atom stereocenters. The van der Waals surface area contributed by atoms with E-state index in [1.165, 1.54) is 13.1 Å². The van der Waals surface area contributed by atoms with E-state index in [9.17, 15) is 5.11 Å². The number of aliphatic hydroxyl groups is 1. The van der Waals surface area contributed by atoms with Gasteiger partial charge in [0.15, 0.2) is 0 Å². The quantitative estimate of drug-likeness (QED) is 0.418. The highest BCUT2D eigenvalue weighted by molar-refractivity contribution is 4.62. The van der Waals surface area contributed by atoms with Gasteiger partial charge in [0.05, 0.1) is 33.3 Å². The van der Waals surface area contributed by atoms with Gasteiger partial charge in [-0.15, -0.1) is 0 Å². The van der Waals surface area contributed by atoms with Gasteiger partial charge in [0.25, 0.3) is 0 Å². The van der Waals surface area contributed by atoms with Crippen molar-refractivity contribution < 1.29 is 9.59 Å². The largest absolute Gasteiger partial charge is 0.392 e. The summed E-state index contributed by atoms with van der Waals surface area (Å²) in [4.78, 5) is 6.98. The topological polar surface area (TPSA) is 42.0 Å². The zero-order valence-corrected chi connectivity index (χ0v) is 16.7. The Bertz CT molecular complexity index is 286. The zero-order chi connectivity index (χ0) is 17.9. The van der Waals surface area contributed by atoms with Crippen LogP contribution in [0.5, 0.6) is 0 Å². The Balaban J connectivity index is 3.81. The van der Waals surface area contributed by atoms with Gasteiger partial charge in [-0.1, -0.05) is 0 Å². The van der Waals surface area contributed by atoms with Crippen LogP contribution in [0.3, 0.4) is 0 Å². The van der Waals surface area contributed by atoms with Crippen molar-refractivity contribution in [1.29, 1.82) is 0 Å². The van der Waals surface area contributed by atoms with Gasteiger partial charge < -0.3 is 24.7 Å². The summed E-state index contributed by atoms with van der Waals surface area (Å²) in [6, 6.07) is 0. The first-order valence-electron chi connectivity index (χ1n) is 8.86. The number of likely N-dealkylation sites (N-methyl/N-ethyl adjacent to an activating group) is 5. The summed E-state index contributed by atoms with van der Waals surface area (Å²) >= 11 is 0. The maximum Gasteiger partial charge on any atom is 0.0912 e. The Hall–Kier alpha value is -0.240. The van der Waals surface area contributed by atoms with E-state index in [0.29, 0.717) is 0 Å². The molecule has 0 radical (unpaired) electrons. The van der Waals surface area contributed by atoms with Gasteiger partial charge in [0.1, 0.15) is 0 Å². The highest BCUT2D eigenvalue weighted by Crippen LogP contribution is 1.97. The highest BCUT2D eigenvalue weighted by atomic mass is 16.3. The predicted molar refractivity (Wildman–Crippen MR) is 99.9 cm³/mol. The normalized spacial score (nSPS) is 14.2. The zero-order valence-electron chi connectivity index (χ0n) is 16.7. The summed E-state index contributed by atoms with van der Waals surface area (Å²) in [5.74, 6) is 0. The van der Waals surface area contributed by atoms with Crippen LogP contribution in [0.1, 0.15) is 6.92 Å². The Morgan fingerprint density at radius 3 is 1.83 bits per heavy atom. The average molecular weight is 333 g/mol. The van der Waals surface area contributed by atoms with Gasteiger partial charge in [-0.25, -0.2) is 0 Å². The number of hydrogen-bond donors (Lipinski definition) is 2. The van der Waals surface area contributed by atoms with Crippen LogP contribution in [0.4, 0.5) is 0 Å². The summed E-state index contributed by atoms with van der Waals surface area (Å²) in [6.45, 7) is 11.4. The van der Waals surface area contributed by atoms with E-state index in [1.54, 1.807) is 0 Å². The molecule has 0 saturated heterocycles. The summed E-state index contributed by atoms with van der Waals surface area (Å²) in [5, 5.41) is 12.6. The van der Waals surface area contributed by atoms with E-state index in [2.05, 4.69) is 55.3 Å². The smallest absolute Gasteiger partial charge is 0.0912 e. The minimum Gasteiger partial charge on any atom is -0.392 e. The molecular formula is C17H42N5O+. The molecule has 0 aromatic rings. The van der Waals surface area contributed by atoms with Gasteiger partial charge in [-0.05, 0) is 35.1 Å². The molecule has 0 spiro atoms. The minimum atomic E-state index is -0.249. The molecule has 0 aliphatic heterocycles. The molecule has 0 aliphatic carbocycles. The average Bonchev–Trinajstić information content (AvgIpc) is 2.46. The molecule has 1 unspecified atom stereocenters. The molecule has 0 aromatic heterocycles. The third-order valence-electron chi connectivity index (χ3n) is 4.36. The van der Waals surface area contributed by atoms with Gasteiger partial charge in [-0.2, -0.15) is 0 Å². The van der Waals surface area contributed by atoms with E-state index < -0.39 is 0 Å². The Kier molecular flexibility index (Phi) is 12.0. The van der Waals surface area contributed by atoms with Crippen LogP contribution in [-0.4, -0.2) is 132 Å². The molecule has 0 rings (SSSR count). The summed E-state index contributed by atoms with van der Waals surface area (Å²) in [7, 11) is 13.1. The molecule has 0 aliphatic rings. The van der Waals surface area contributed by atoms with E-state index in [-0.39, 0.29) is 6.10 Å². The monoisotopic (exact) mass is 332 g/mol. The van der Waals surface area contributed by atoms with Gasteiger partial charge in [0.2, 0.25) is 0 Å². The molecule has 0 heterocycles. The van der Waals surface area contributed by atoms with Crippen LogP contribution in [-0.2, 0) is 0 Å². The van der Waals surface area contributed by atoms with E-state index in [4.69, 9.17) is 0 Å². The maximum absolute atomic E-state index is 9.38. The van der Waals surface area contributed by atoms with Gasteiger partial charge >= 0.3 is 0 Å². The van der Waals surface area contributed by atoms with Crippen LogP contribution < -0.4 is 5.32 Å². The molecule has 0 fully saturated rings. The van der Waals surface area contributed by atoms with Crippen LogP contribution in [0.15, 0.2) is 0 Å². The number of quaternary nitrogens is 1. The van der Waals surface area contributed by atoms with Gasteiger partial charge in [-0.3, -0.25) is 4.90 Å². The summed E-state index contributed by atoms with van der Waals surface area (Å²) in [6.07, 6.45) is -0.249. The molecule has 0 amide bonds. The first-order valence-corrected chi connectivity index (χ1v) is 8.86. The molecule has 0 saturated carbocycles. The van der Waals surface area contributed by atoms with Crippen molar-refractivity contribution in [3.8, 4) is 0 Å². The van der Waals surface area contributed by atoms with Crippen LogP contribution >= 0.6 is 0 Å². The molecule has 0 aromatic carbocycles. The lowest BCUT2D eigenvalue weighted by Gasteiger charge is -2.32. The summed E-state index contributed by atoms with van der Waals surface area (Å²) in [5.41, 5.74) is 0. The molecule has 6 nitrogen and oxygen atoms in total. The maximum atomic E-state index is 9.38. The van der Waals surface area contributed by atoms with Crippen molar-refractivity contribution in [3.05, 3.63) is 0 Å². The number of nitrogens with zero attached hydrogens (tertiary/aromatic N) is 4. The lowest BCUT2D eigenvalue weighted by molar-refractivity contribution is -0.888. The van der Waals surface area contributed by atoms with Crippen LogP contribution in [0, 0.1) is 0 Å². The lowest BCUT2D eigenvalue weighted by Crippen LogP contribution is -2.48. The standard InChI is InChI=1S/C17H42N5O/c1-17(23)16-21(5)12-11-19(3)9-10-20(4)13-15-22(6,7)14-8-18-2/h17-18,23H,8-16H2,1-7H3/q+1. The second kappa shape index (κ2) is 12.2. The molecule has 6 heteroatoms. The SMILES string of the molecule is CNCC[N+](C)(C)CCN(C)CCN(C)CCN(C)CC(C)O. The van der Waals surface area contributed by atoms with Crippen molar-refractivity contribution in [2.45, 2.75) is 13.0 Å². The third-order valence-corrected chi connectivity index (χ3v) is 4.36. The van der Waals surface area contributed by atoms with Crippen LogP contribution in [0.25, 0.3) is 0 Å². The number of rotatable bonds is 14. The molecular weight excluding hydrogens is 290 g/mol. The molecule has 0 bridgehead atoms. The van der Waals surface area contributed by atoms with Crippen molar-refractivity contribution in [3.63, 3.8) is 0 Å². The number of hydrogen-bond acceptors (Lipinski definition) is 5. The fourth-order valence-corrected chi connectivity index (χ4v) is 2.42. The summed E-state index contributed by atoms with van der Waals surface area (Å²) < 4.78 is 1.06. The Morgan fingerprint density at radius 2 is 1.35 bits per heavy atom. The second-order valence-corrected chi connectivity index (χ2v) is 7.70. The first-order chi connectivity index (χ1) is 10.7. The number of aliphatic hydroxyl groups excluding tert-OH is 1. The highest BCUT2D eigenvalue weighted by Gasteiger charge is 2.15. The van der Waals surface area contributed by atoms with E-state index in [1.807, 2.05) is 14.0 Å². The Morgan fingerprint density at radius 1 is 0.870 bits per heavy atom. The third kappa shape index (κ3) is 13.9. The second-order valence-electron chi connectivity index (χ2n) is 7.70. The Labute approximate surface area is 144 Å². The molecule has 2 N–H and O–H groups in total. The fourth-order valence-electron chi connectivity index (χ4n) is 2.42. The number of nitrogens with one attached hydrogen (secondary N) is 1. The van der Waals surface area contributed by atoms with Crippen LogP contribution in [0.2, 0.25) is 0 Å². The van der Waals surface area contributed by atoms with Crippen molar-refractivity contribution in [1.82, 2.24) is 20.0 Å². The van der Waals surface area contributed by atoms with Gasteiger partial charge in [0, 0.05) is 45.8 Å². The van der Waals surface area contributed by atoms with E-state index >= 15 is 0 Å².